The third-order valence-corrected chi connectivity index (χ3v) is 3.80. The second-order valence-electron chi connectivity index (χ2n) is 4.86. The van der Waals surface area contributed by atoms with Gasteiger partial charge < -0.3 is 14.3 Å². The normalized spacial score (nSPS) is 19.8. The fraction of sp³-hybridized carbons (Fsp3) is 0.429. The molecule has 7 heteroatoms. The van der Waals surface area contributed by atoms with Crippen LogP contribution < -0.4 is 0 Å². The maximum atomic E-state index is 9.35. The lowest BCUT2D eigenvalue weighted by molar-refractivity contribution is -0.0342. The van der Waals surface area contributed by atoms with Crippen LogP contribution >= 0.6 is 11.6 Å². The molecule has 1 aliphatic rings. The molecule has 0 spiro atoms. The van der Waals surface area contributed by atoms with Crippen molar-refractivity contribution < 1.29 is 14.3 Å². The van der Waals surface area contributed by atoms with Crippen LogP contribution in [0.3, 0.4) is 0 Å². The van der Waals surface area contributed by atoms with Crippen LogP contribution in [0, 0.1) is 0 Å². The molecule has 1 saturated heterocycles. The number of hydrogen-bond acceptors (Lipinski definition) is 6. The molecule has 3 rings (SSSR count). The van der Waals surface area contributed by atoms with E-state index in [2.05, 4.69) is 15.1 Å². The van der Waals surface area contributed by atoms with Gasteiger partial charge in [-0.3, -0.25) is 4.90 Å². The summed E-state index contributed by atoms with van der Waals surface area (Å²) in [7, 11) is 0. The van der Waals surface area contributed by atoms with Crippen LogP contribution in [-0.4, -0.2) is 52.6 Å². The van der Waals surface area contributed by atoms with Crippen molar-refractivity contribution in [3.8, 4) is 11.5 Å². The second kappa shape index (κ2) is 6.53. The minimum atomic E-state index is -0.0330. The van der Waals surface area contributed by atoms with Gasteiger partial charge in [-0.05, 0) is 12.1 Å². The number of aliphatic hydroxyl groups excluding tert-OH is 1. The van der Waals surface area contributed by atoms with Crippen molar-refractivity contribution in [3.05, 3.63) is 35.2 Å². The van der Waals surface area contributed by atoms with Gasteiger partial charge >= 0.3 is 0 Å². The molecule has 1 aromatic carbocycles. The summed E-state index contributed by atoms with van der Waals surface area (Å²) in [4.78, 5) is 2.08. The molecule has 1 aliphatic heterocycles. The van der Waals surface area contributed by atoms with E-state index in [1.807, 2.05) is 18.2 Å². The van der Waals surface area contributed by atoms with E-state index >= 15 is 0 Å². The maximum Gasteiger partial charge on any atom is 0.249 e. The number of halogens is 1. The van der Waals surface area contributed by atoms with E-state index in [1.165, 1.54) is 0 Å². The highest BCUT2D eigenvalue weighted by Gasteiger charge is 2.24. The molecule has 0 aliphatic carbocycles. The molecule has 6 nitrogen and oxygen atoms in total. The minimum absolute atomic E-state index is 0.0330. The summed E-state index contributed by atoms with van der Waals surface area (Å²) in [5.41, 5.74) is 0.721. The molecule has 0 radical (unpaired) electrons. The minimum Gasteiger partial charge on any atom is -0.419 e. The molecule has 0 saturated carbocycles. The first-order chi connectivity index (χ1) is 10.3. The molecule has 1 aromatic heterocycles. The molecule has 1 unspecified atom stereocenters. The van der Waals surface area contributed by atoms with Gasteiger partial charge in [-0.15, -0.1) is 10.2 Å². The first-order valence-corrected chi connectivity index (χ1v) is 7.15. The summed E-state index contributed by atoms with van der Waals surface area (Å²) in [6, 6.07) is 7.31. The molecule has 1 atom stereocenters. The van der Waals surface area contributed by atoms with Crippen molar-refractivity contribution in [1.29, 1.82) is 0 Å². The van der Waals surface area contributed by atoms with E-state index in [-0.39, 0.29) is 12.6 Å². The number of aliphatic hydroxyl groups is 1. The molecule has 1 fully saturated rings. The Bertz CT molecular complexity index is 605. The summed E-state index contributed by atoms with van der Waals surface area (Å²) >= 11 is 6.12. The zero-order valence-electron chi connectivity index (χ0n) is 11.4. The van der Waals surface area contributed by atoms with Gasteiger partial charge in [0.05, 0.1) is 43.0 Å². The lowest BCUT2D eigenvalue weighted by Gasteiger charge is -2.33. The third kappa shape index (κ3) is 3.24. The van der Waals surface area contributed by atoms with Gasteiger partial charge in [0.2, 0.25) is 11.8 Å². The van der Waals surface area contributed by atoms with Crippen molar-refractivity contribution in [2.75, 3.05) is 26.4 Å². The van der Waals surface area contributed by atoms with Crippen LogP contribution in [0.15, 0.2) is 28.7 Å². The zero-order valence-corrected chi connectivity index (χ0v) is 12.2. The standard InChI is InChI=1S/C14H16ClN3O3/c15-12-4-2-1-3-11(12)14-17-16-13(21-14)7-18-5-6-20-9-10(18)8-19/h1-4,10,19H,5-9H2. The number of benzene rings is 1. The second-order valence-corrected chi connectivity index (χ2v) is 5.27. The van der Waals surface area contributed by atoms with Crippen LogP contribution in [0.25, 0.3) is 11.5 Å². The van der Waals surface area contributed by atoms with Gasteiger partial charge in [0.1, 0.15) is 0 Å². The Morgan fingerprint density at radius 1 is 1.33 bits per heavy atom. The predicted molar refractivity (Wildman–Crippen MR) is 76.8 cm³/mol. The zero-order chi connectivity index (χ0) is 14.7. The number of ether oxygens (including phenoxy) is 1. The summed E-state index contributed by atoms with van der Waals surface area (Å²) in [5.74, 6) is 0.912. The summed E-state index contributed by atoms with van der Waals surface area (Å²) in [5, 5.41) is 18.0. The van der Waals surface area contributed by atoms with Gasteiger partial charge in [-0.2, -0.15) is 0 Å². The summed E-state index contributed by atoms with van der Waals surface area (Å²) in [6.45, 7) is 2.43. The number of morpholine rings is 1. The SMILES string of the molecule is OCC1COCCN1Cc1nnc(-c2ccccc2Cl)o1. The quantitative estimate of drug-likeness (QED) is 0.924. The van der Waals surface area contributed by atoms with Crippen molar-refractivity contribution in [3.63, 3.8) is 0 Å². The molecule has 21 heavy (non-hydrogen) atoms. The highest BCUT2D eigenvalue weighted by Crippen LogP contribution is 2.26. The lowest BCUT2D eigenvalue weighted by Crippen LogP contribution is -2.46. The van der Waals surface area contributed by atoms with Crippen LogP contribution in [0.2, 0.25) is 5.02 Å². The topological polar surface area (TPSA) is 71.6 Å². The first kappa shape index (κ1) is 14.5. The predicted octanol–water partition coefficient (Wildman–Crippen LogP) is 1.58. The van der Waals surface area contributed by atoms with Crippen LogP contribution in [0.5, 0.6) is 0 Å². The third-order valence-electron chi connectivity index (χ3n) is 3.47. The van der Waals surface area contributed by atoms with Gasteiger partial charge in [0.15, 0.2) is 0 Å². The summed E-state index contributed by atoms with van der Waals surface area (Å²) in [6.07, 6.45) is 0. The Morgan fingerprint density at radius 3 is 3.00 bits per heavy atom. The van der Waals surface area contributed by atoms with Crippen molar-refractivity contribution in [1.82, 2.24) is 15.1 Å². The molecular formula is C14H16ClN3O3. The molecule has 0 bridgehead atoms. The van der Waals surface area contributed by atoms with E-state index in [4.69, 9.17) is 20.8 Å². The van der Waals surface area contributed by atoms with Gasteiger partial charge in [-0.25, -0.2) is 0 Å². The molecule has 2 heterocycles. The molecule has 0 amide bonds. The summed E-state index contributed by atoms with van der Waals surface area (Å²) < 4.78 is 11.0. The smallest absolute Gasteiger partial charge is 0.249 e. The van der Waals surface area contributed by atoms with Crippen molar-refractivity contribution >= 4 is 11.6 Å². The Hall–Kier alpha value is -1.47. The van der Waals surface area contributed by atoms with Gasteiger partial charge in [0.25, 0.3) is 0 Å². The average molecular weight is 310 g/mol. The number of hydrogen-bond donors (Lipinski definition) is 1. The maximum absolute atomic E-state index is 9.35. The Balaban J connectivity index is 1.75. The molecular weight excluding hydrogens is 294 g/mol. The number of nitrogens with zero attached hydrogens (tertiary/aromatic N) is 3. The van der Waals surface area contributed by atoms with Gasteiger partial charge in [0, 0.05) is 6.54 Å². The van der Waals surface area contributed by atoms with E-state index in [9.17, 15) is 5.11 Å². The Labute approximate surface area is 127 Å². The van der Waals surface area contributed by atoms with Crippen LogP contribution in [-0.2, 0) is 11.3 Å². The van der Waals surface area contributed by atoms with Crippen molar-refractivity contribution in [2.45, 2.75) is 12.6 Å². The fourth-order valence-corrected chi connectivity index (χ4v) is 2.52. The largest absolute Gasteiger partial charge is 0.419 e. The fourth-order valence-electron chi connectivity index (χ4n) is 2.30. The highest BCUT2D eigenvalue weighted by atomic mass is 35.5. The van der Waals surface area contributed by atoms with Gasteiger partial charge in [-0.1, -0.05) is 23.7 Å². The lowest BCUT2D eigenvalue weighted by atomic mass is 10.2. The highest BCUT2D eigenvalue weighted by molar-refractivity contribution is 6.33. The molecule has 112 valence electrons. The number of rotatable bonds is 4. The van der Waals surface area contributed by atoms with Crippen LogP contribution in [0.4, 0.5) is 0 Å². The Morgan fingerprint density at radius 2 is 2.19 bits per heavy atom. The van der Waals surface area contributed by atoms with Crippen LogP contribution in [0.1, 0.15) is 5.89 Å². The molecule has 2 aromatic rings. The average Bonchev–Trinajstić information content (AvgIpc) is 2.96. The molecule has 1 N–H and O–H groups in total. The van der Waals surface area contributed by atoms with E-state index < -0.39 is 0 Å². The van der Waals surface area contributed by atoms with E-state index in [0.29, 0.717) is 36.6 Å². The van der Waals surface area contributed by atoms with E-state index in [0.717, 1.165) is 12.1 Å². The van der Waals surface area contributed by atoms with Crippen molar-refractivity contribution in [2.24, 2.45) is 0 Å². The Kier molecular flexibility index (Phi) is 4.50. The number of aromatic nitrogens is 2. The first-order valence-electron chi connectivity index (χ1n) is 6.78. The monoisotopic (exact) mass is 309 g/mol. The van der Waals surface area contributed by atoms with E-state index in [1.54, 1.807) is 6.07 Å².